The van der Waals surface area contributed by atoms with Crippen molar-refractivity contribution >= 4 is 56.2 Å². The van der Waals surface area contributed by atoms with Crippen molar-refractivity contribution in [1.82, 2.24) is 4.72 Å². The third-order valence-corrected chi connectivity index (χ3v) is 7.06. The van der Waals surface area contributed by atoms with Gasteiger partial charge < -0.3 is 0 Å². The molecule has 0 fully saturated rings. The molecule has 150 valence electrons. The maximum absolute atomic E-state index is 12.1. The molecule has 5 nitrogen and oxygen atoms in total. The summed E-state index contributed by atoms with van der Waals surface area (Å²) in [5.74, 6) is 0. The number of nitrogens with zero attached hydrogens (tertiary/aromatic N) is 2. The van der Waals surface area contributed by atoms with Crippen molar-refractivity contribution < 1.29 is 8.42 Å². The van der Waals surface area contributed by atoms with E-state index in [0.29, 0.717) is 27.2 Å². The lowest BCUT2D eigenvalue weighted by molar-refractivity contribution is 0.577. The monoisotopic (exact) mass is 459 g/mol. The Balaban J connectivity index is 1.92. The summed E-state index contributed by atoms with van der Waals surface area (Å²) in [5, 5.41) is 7.60. The lowest BCUT2D eigenvalue weighted by Crippen LogP contribution is -2.34. The van der Waals surface area contributed by atoms with Crippen molar-refractivity contribution in [3.63, 3.8) is 0 Å². The standard InChI is InChI=1S/C19H20Cl3N3O2S/c1-12(2)28(26,27)23-11-16-10-19(13-3-5-14(20)6-4-13)25(24-16)18-8-7-15(21)9-17(18)22/h3-9,12,19,23H,10-11H2,1-2H3. The van der Waals surface area contributed by atoms with Crippen molar-refractivity contribution in [2.75, 3.05) is 11.6 Å². The van der Waals surface area contributed by atoms with Crippen LogP contribution in [0.15, 0.2) is 47.6 Å². The molecule has 0 aromatic heterocycles. The molecule has 1 aliphatic heterocycles. The number of sulfonamides is 1. The van der Waals surface area contributed by atoms with Crippen molar-refractivity contribution in [1.29, 1.82) is 0 Å². The molecule has 0 saturated carbocycles. The molecule has 1 N–H and O–H groups in total. The summed E-state index contributed by atoms with van der Waals surface area (Å²) in [6.45, 7) is 3.41. The molecule has 0 spiro atoms. The van der Waals surface area contributed by atoms with Crippen LogP contribution in [0, 0.1) is 0 Å². The van der Waals surface area contributed by atoms with Gasteiger partial charge >= 0.3 is 0 Å². The van der Waals surface area contributed by atoms with Crippen LogP contribution in [0.5, 0.6) is 0 Å². The van der Waals surface area contributed by atoms with Gasteiger partial charge in [0.15, 0.2) is 0 Å². The second kappa shape index (κ2) is 8.59. The first-order chi connectivity index (χ1) is 13.2. The average molecular weight is 461 g/mol. The molecule has 1 unspecified atom stereocenters. The Morgan fingerprint density at radius 2 is 1.75 bits per heavy atom. The number of halogens is 3. The van der Waals surface area contributed by atoms with Gasteiger partial charge in [-0.2, -0.15) is 5.10 Å². The molecule has 2 aromatic carbocycles. The van der Waals surface area contributed by atoms with E-state index in [1.165, 1.54) is 0 Å². The van der Waals surface area contributed by atoms with E-state index in [9.17, 15) is 8.42 Å². The summed E-state index contributed by atoms with van der Waals surface area (Å²) >= 11 is 18.4. The van der Waals surface area contributed by atoms with Crippen molar-refractivity contribution in [2.45, 2.75) is 31.6 Å². The minimum absolute atomic E-state index is 0.130. The van der Waals surface area contributed by atoms with Crippen LogP contribution in [0.2, 0.25) is 15.1 Å². The molecule has 0 saturated heterocycles. The molecule has 1 atom stereocenters. The maximum atomic E-state index is 12.1. The SMILES string of the molecule is CC(C)S(=O)(=O)NCC1=NN(c2ccc(Cl)cc2Cl)C(c2ccc(Cl)cc2)C1. The lowest BCUT2D eigenvalue weighted by atomic mass is 10.0. The van der Waals surface area contributed by atoms with Gasteiger partial charge in [-0.05, 0) is 49.7 Å². The van der Waals surface area contributed by atoms with Crippen LogP contribution < -0.4 is 9.73 Å². The van der Waals surface area contributed by atoms with E-state index in [4.69, 9.17) is 34.8 Å². The number of hydrogen-bond donors (Lipinski definition) is 1. The predicted molar refractivity (Wildman–Crippen MR) is 117 cm³/mol. The largest absolute Gasteiger partial charge is 0.256 e. The van der Waals surface area contributed by atoms with E-state index in [1.54, 1.807) is 37.1 Å². The zero-order valence-corrected chi connectivity index (χ0v) is 18.4. The summed E-state index contributed by atoms with van der Waals surface area (Å²) in [6.07, 6.45) is 0.557. The first-order valence-electron chi connectivity index (χ1n) is 8.72. The quantitative estimate of drug-likeness (QED) is 0.638. The first-order valence-corrected chi connectivity index (χ1v) is 11.4. The van der Waals surface area contributed by atoms with Crippen LogP contribution in [0.1, 0.15) is 31.9 Å². The normalized spacial score (nSPS) is 17.3. The minimum Gasteiger partial charge on any atom is -0.256 e. The minimum atomic E-state index is -3.38. The second-order valence-corrected chi connectivity index (χ2v) is 10.4. The Hall–Kier alpha value is -1.31. The number of rotatable bonds is 6. The van der Waals surface area contributed by atoms with Crippen molar-refractivity contribution in [2.24, 2.45) is 5.10 Å². The summed E-state index contributed by atoms with van der Waals surface area (Å²) in [7, 11) is -3.38. The van der Waals surface area contributed by atoms with Gasteiger partial charge in [-0.25, -0.2) is 13.1 Å². The molecular weight excluding hydrogens is 441 g/mol. The summed E-state index contributed by atoms with van der Waals surface area (Å²) < 4.78 is 26.8. The zero-order valence-electron chi connectivity index (χ0n) is 15.4. The summed E-state index contributed by atoms with van der Waals surface area (Å²) in [5.41, 5.74) is 2.42. The molecule has 1 heterocycles. The molecule has 9 heteroatoms. The van der Waals surface area contributed by atoms with Gasteiger partial charge in [-0.1, -0.05) is 46.9 Å². The van der Waals surface area contributed by atoms with Gasteiger partial charge in [-0.3, -0.25) is 5.01 Å². The van der Waals surface area contributed by atoms with Crippen LogP contribution in [-0.2, 0) is 10.0 Å². The molecule has 3 rings (SSSR count). The Kier molecular flexibility index (Phi) is 6.57. The van der Waals surface area contributed by atoms with Crippen molar-refractivity contribution in [3.05, 3.63) is 63.1 Å². The third-order valence-electron chi connectivity index (χ3n) is 4.48. The fourth-order valence-corrected chi connectivity index (χ4v) is 4.19. The second-order valence-electron chi connectivity index (χ2n) is 6.79. The molecule has 1 aliphatic rings. The van der Waals surface area contributed by atoms with Gasteiger partial charge in [0, 0.05) is 16.5 Å². The third kappa shape index (κ3) is 4.81. The van der Waals surface area contributed by atoms with Gasteiger partial charge in [-0.15, -0.1) is 0 Å². The Morgan fingerprint density at radius 1 is 1.11 bits per heavy atom. The van der Waals surface area contributed by atoms with E-state index in [-0.39, 0.29) is 12.6 Å². The van der Waals surface area contributed by atoms with Crippen LogP contribution in [-0.4, -0.2) is 25.9 Å². The highest BCUT2D eigenvalue weighted by atomic mass is 35.5. The first kappa shape index (κ1) is 21.4. The smallest absolute Gasteiger partial charge is 0.214 e. The predicted octanol–water partition coefficient (Wildman–Crippen LogP) is 5.28. The fourth-order valence-electron chi connectivity index (χ4n) is 2.86. The van der Waals surface area contributed by atoms with Crippen LogP contribution >= 0.6 is 34.8 Å². The van der Waals surface area contributed by atoms with Crippen LogP contribution in [0.3, 0.4) is 0 Å². The van der Waals surface area contributed by atoms with E-state index in [1.807, 2.05) is 24.3 Å². The topological polar surface area (TPSA) is 61.8 Å². The molecule has 0 bridgehead atoms. The van der Waals surface area contributed by atoms with Crippen LogP contribution in [0.25, 0.3) is 0 Å². The number of anilines is 1. The molecular formula is C19H20Cl3N3O2S. The summed E-state index contributed by atoms with van der Waals surface area (Å²) in [6, 6.07) is 12.6. The zero-order chi connectivity index (χ0) is 20.5. The average Bonchev–Trinajstić information content (AvgIpc) is 3.04. The van der Waals surface area contributed by atoms with Crippen molar-refractivity contribution in [3.8, 4) is 0 Å². The molecule has 28 heavy (non-hydrogen) atoms. The highest BCUT2D eigenvalue weighted by Crippen LogP contribution is 2.39. The van der Waals surface area contributed by atoms with E-state index in [0.717, 1.165) is 11.3 Å². The number of nitrogens with one attached hydrogen (secondary N) is 1. The van der Waals surface area contributed by atoms with E-state index >= 15 is 0 Å². The molecule has 0 aliphatic carbocycles. The Morgan fingerprint density at radius 3 is 2.36 bits per heavy atom. The molecule has 0 radical (unpaired) electrons. The number of hydrazone groups is 1. The highest BCUT2D eigenvalue weighted by molar-refractivity contribution is 7.90. The van der Waals surface area contributed by atoms with Gasteiger partial charge in [0.05, 0.1) is 34.3 Å². The van der Waals surface area contributed by atoms with Gasteiger partial charge in [0.2, 0.25) is 10.0 Å². The molecule has 0 amide bonds. The summed E-state index contributed by atoms with van der Waals surface area (Å²) in [4.78, 5) is 0. The van der Waals surface area contributed by atoms with Crippen LogP contribution in [0.4, 0.5) is 5.69 Å². The lowest BCUT2D eigenvalue weighted by Gasteiger charge is -2.25. The highest BCUT2D eigenvalue weighted by Gasteiger charge is 2.31. The fraction of sp³-hybridized carbons (Fsp3) is 0.316. The van der Waals surface area contributed by atoms with E-state index < -0.39 is 15.3 Å². The molecule has 2 aromatic rings. The Bertz CT molecular complexity index is 992. The van der Waals surface area contributed by atoms with Gasteiger partial charge in [0.1, 0.15) is 0 Å². The Labute approximate surface area is 180 Å². The maximum Gasteiger partial charge on any atom is 0.214 e. The van der Waals surface area contributed by atoms with Gasteiger partial charge in [0.25, 0.3) is 0 Å². The number of hydrogen-bond acceptors (Lipinski definition) is 4. The van der Waals surface area contributed by atoms with E-state index in [2.05, 4.69) is 9.82 Å². The number of benzene rings is 2.